The van der Waals surface area contributed by atoms with Gasteiger partial charge in [-0.1, -0.05) is 34.8 Å². The van der Waals surface area contributed by atoms with Crippen LogP contribution in [0.1, 0.15) is 44.7 Å². The van der Waals surface area contributed by atoms with Crippen LogP contribution < -0.4 is 0 Å². The lowest BCUT2D eigenvalue weighted by molar-refractivity contribution is 0.0601. The fourth-order valence-electron chi connectivity index (χ4n) is 3.00. The van der Waals surface area contributed by atoms with Gasteiger partial charge < -0.3 is 9.30 Å². The highest BCUT2D eigenvalue weighted by molar-refractivity contribution is 6.38. The molecular weight excluding hydrogens is 404 g/mol. The number of halogens is 4. The van der Waals surface area contributed by atoms with Crippen LogP contribution >= 0.6 is 46.4 Å². The maximum absolute atomic E-state index is 11.9. The Morgan fingerprint density at radius 3 is 2.72 bits per heavy atom. The van der Waals surface area contributed by atoms with E-state index in [4.69, 9.17) is 51.1 Å². The quantitative estimate of drug-likeness (QED) is 0.453. The molecule has 1 atom stereocenters. The number of hydrogen-bond acceptors (Lipinski definition) is 2. The molecule has 0 spiro atoms. The number of hydrogen-bond donors (Lipinski definition) is 0. The lowest BCUT2D eigenvalue weighted by Gasteiger charge is -2.15. The zero-order valence-corrected chi connectivity index (χ0v) is 16.6. The molecule has 1 aliphatic carbocycles. The third-order valence-electron chi connectivity index (χ3n) is 4.36. The van der Waals surface area contributed by atoms with Gasteiger partial charge in [0.15, 0.2) is 0 Å². The van der Waals surface area contributed by atoms with Crippen molar-refractivity contribution < 1.29 is 9.53 Å². The number of nitrogens with zero attached hydrogens (tertiary/aromatic N) is 1. The Morgan fingerprint density at radius 2 is 2.04 bits per heavy atom. The van der Waals surface area contributed by atoms with Crippen molar-refractivity contribution in [2.75, 3.05) is 7.11 Å². The largest absolute Gasteiger partial charge is 0.465 e. The maximum Gasteiger partial charge on any atom is 0.339 e. The maximum atomic E-state index is 11.9. The molecule has 0 saturated carbocycles. The average molecular weight is 419 g/mol. The van der Waals surface area contributed by atoms with Crippen molar-refractivity contribution in [2.45, 2.75) is 18.2 Å². The van der Waals surface area contributed by atoms with Crippen LogP contribution in [0, 0.1) is 0 Å². The van der Waals surface area contributed by atoms with Crippen molar-refractivity contribution in [1.29, 1.82) is 0 Å². The molecule has 3 rings (SSSR count). The van der Waals surface area contributed by atoms with Crippen LogP contribution in [0.3, 0.4) is 0 Å². The Kier molecular flexibility index (Phi) is 5.40. The summed E-state index contributed by atoms with van der Waals surface area (Å²) in [4.78, 5) is 11.9. The van der Waals surface area contributed by atoms with Crippen LogP contribution in [0.25, 0.3) is 6.08 Å². The smallest absolute Gasteiger partial charge is 0.339 e. The summed E-state index contributed by atoms with van der Waals surface area (Å²) in [5.41, 5.74) is 3.94. The van der Waals surface area contributed by atoms with Gasteiger partial charge in [0.2, 0.25) is 0 Å². The minimum Gasteiger partial charge on any atom is -0.465 e. The van der Waals surface area contributed by atoms with E-state index < -0.39 is 5.97 Å². The fourth-order valence-corrected chi connectivity index (χ4v) is 4.26. The molecule has 132 valence electrons. The number of aromatic nitrogens is 1. The van der Waals surface area contributed by atoms with Crippen LogP contribution in [0.15, 0.2) is 23.2 Å². The first-order valence-electron chi connectivity index (χ1n) is 7.57. The van der Waals surface area contributed by atoms with E-state index in [0.29, 0.717) is 34.0 Å². The van der Waals surface area contributed by atoms with E-state index in [-0.39, 0.29) is 5.38 Å². The van der Waals surface area contributed by atoms with Gasteiger partial charge in [0.1, 0.15) is 0 Å². The molecule has 2 aromatic rings. The summed E-state index contributed by atoms with van der Waals surface area (Å²) in [5.74, 6) is -0.496. The summed E-state index contributed by atoms with van der Waals surface area (Å²) < 4.78 is 6.78. The highest BCUT2D eigenvalue weighted by Crippen LogP contribution is 2.40. The Hall–Kier alpha value is -1.13. The van der Waals surface area contributed by atoms with Crippen molar-refractivity contribution >= 4 is 58.4 Å². The van der Waals surface area contributed by atoms with E-state index in [1.54, 1.807) is 12.1 Å². The van der Waals surface area contributed by atoms with E-state index in [2.05, 4.69) is 0 Å². The van der Waals surface area contributed by atoms with E-state index in [0.717, 1.165) is 22.0 Å². The van der Waals surface area contributed by atoms with Gasteiger partial charge in [0.05, 0.1) is 23.1 Å². The summed E-state index contributed by atoms with van der Waals surface area (Å²) in [7, 11) is 3.25. The van der Waals surface area contributed by atoms with Crippen molar-refractivity contribution in [2.24, 2.45) is 7.05 Å². The Balaban J connectivity index is 2.05. The molecule has 3 nitrogen and oxygen atoms in total. The topological polar surface area (TPSA) is 31.2 Å². The number of alkyl halides is 1. The van der Waals surface area contributed by atoms with Gasteiger partial charge in [-0.25, -0.2) is 4.79 Å². The predicted molar refractivity (Wildman–Crippen MR) is 103 cm³/mol. The summed E-state index contributed by atoms with van der Waals surface area (Å²) in [6.07, 6.45) is 2.99. The minimum atomic E-state index is -0.496. The van der Waals surface area contributed by atoms with E-state index >= 15 is 0 Å². The Bertz CT molecular complexity index is 886. The number of ether oxygens (including phenoxy) is 1. The second kappa shape index (κ2) is 7.24. The molecular formula is C18H15Cl4NO2. The zero-order chi connectivity index (χ0) is 18.3. The Labute approximate surface area is 166 Å². The summed E-state index contributed by atoms with van der Waals surface area (Å²) in [6, 6.07) is 5.25. The molecule has 0 aliphatic heterocycles. The van der Waals surface area contributed by atoms with Gasteiger partial charge in [-0.15, -0.1) is 11.6 Å². The number of carbonyl (C=O) groups excluding carboxylic acids is 1. The highest BCUT2D eigenvalue weighted by Gasteiger charge is 2.24. The third-order valence-corrected chi connectivity index (χ3v) is 5.80. The van der Waals surface area contributed by atoms with Gasteiger partial charge in [-0.05, 0) is 35.4 Å². The zero-order valence-electron chi connectivity index (χ0n) is 13.6. The van der Waals surface area contributed by atoms with Crippen LogP contribution in [0.4, 0.5) is 0 Å². The first-order chi connectivity index (χ1) is 11.8. The summed E-state index contributed by atoms with van der Waals surface area (Å²) in [5, 5.41) is 1.35. The number of esters is 1. The summed E-state index contributed by atoms with van der Waals surface area (Å²) >= 11 is 25.3. The van der Waals surface area contributed by atoms with Crippen molar-refractivity contribution in [1.82, 2.24) is 4.57 Å². The lowest BCUT2D eigenvalue weighted by atomic mass is 10.0. The first kappa shape index (κ1) is 18.7. The SMILES string of the molecule is COC(=O)c1ccc(Cl)c(Cc2cc3c(n2C)C=C(Cl)CC3Cl)c1Cl. The first-order valence-corrected chi connectivity index (χ1v) is 9.14. The van der Waals surface area contributed by atoms with Crippen LogP contribution in [-0.4, -0.2) is 17.6 Å². The normalized spacial score (nSPS) is 16.4. The van der Waals surface area contributed by atoms with Gasteiger partial charge in [-0.2, -0.15) is 0 Å². The van der Waals surface area contributed by atoms with Crippen LogP contribution in [0.5, 0.6) is 0 Å². The molecule has 0 fully saturated rings. The standard InChI is InChI=1S/C18H15Cl4NO2/c1-23-10(7-12-15(21)5-9(19)6-16(12)23)8-13-14(20)4-3-11(17(13)22)18(24)25-2/h3-4,6-7,15H,5,8H2,1-2H3. The second-order valence-corrected chi connectivity index (χ2v) is 7.65. The van der Waals surface area contributed by atoms with E-state index in [1.807, 2.05) is 23.8 Å². The van der Waals surface area contributed by atoms with Gasteiger partial charge in [0, 0.05) is 41.3 Å². The van der Waals surface area contributed by atoms with Gasteiger partial charge in [-0.3, -0.25) is 0 Å². The number of carbonyl (C=O) groups is 1. The molecule has 1 aliphatic rings. The van der Waals surface area contributed by atoms with Crippen molar-refractivity contribution in [3.05, 3.63) is 61.4 Å². The number of rotatable bonds is 3. The lowest BCUT2D eigenvalue weighted by Crippen LogP contribution is -2.06. The van der Waals surface area contributed by atoms with Crippen molar-refractivity contribution in [3.63, 3.8) is 0 Å². The highest BCUT2D eigenvalue weighted by atomic mass is 35.5. The number of benzene rings is 1. The van der Waals surface area contributed by atoms with Gasteiger partial charge in [0.25, 0.3) is 0 Å². The van der Waals surface area contributed by atoms with E-state index in [9.17, 15) is 4.79 Å². The number of fused-ring (bicyclic) bond motifs is 1. The van der Waals surface area contributed by atoms with Crippen LogP contribution in [0.2, 0.25) is 10.0 Å². The van der Waals surface area contributed by atoms with E-state index in [1.165, 1.54) is 7.11 Å². The average Bonchev–Trinajstić information content (AvgIpc) is 2.88. The monoisotopic (exact) mass is 417 g/mol. The molecule has 0 bridgehead atoms. The molecule has 1 heterocycles. The van der Waals surface area contributed by atoms with Crippen LogP contribution in [-0.2, 0) is 18.2 Å². The van der Waals surface area contributed by atoms with Crippen molar-refractivity contribution in [3.8, 4) is 0 Å². The molecule has 1 aromatic heterocycles. The molecule has 0 radical (unpaired) electrons. The molecule has 25 heavy (non-hydrogen) atoms. The van der Waals surface area contributed by atoms with Gasteiger partial charge >= 0.3 is 5.97 Å². The minimum absolute atomic E-state index is 0.167. The molecule has 0 N–H and O–H groups in total. The summed E-state index contributed by atoms with van der Waals surface area (Å²) in [6.45, 7) is 0. The molecule has 1 aromatic carbocycles. The molecule has 0 saturated heterocycles. The second-order valence-electron chi connectivity index (χ2n) is 5.85. The number of methoxy groups -OCH3 is 1. The fraction of sp³-hybridized carbons (Fsp3) is 0.278. The Morgan fingerprint density at radius 1 is 1.32 bits per heavy atom. The third kappa shape index (κ3) is 3.43. The molecule has 0 amide bonds. The predicted octanol–water partition coefficient (Wildman–Crippen LogP) is 5.97. The molecule has 1 unspecified atom stereocenters. The number of allylic oxidation sites excluding steroid dienone is 1. The molecule has 7 heteroatoms.